The van der Waals surface area contributed by atoms with Crippen molar-refractivity contribution < 1.29 is 28.7 Å². The first-order valence-corrected chi connectivity index (χ1v) is 39.7. The van der Waals surface area contributed by atoms with E-state index in [0.717, 1.165) is 95.4 Å². The lowest BCUT2D eigenvalue weighted by Crippen LogP contribution is -2.28. The SMILES string of the molecule is CCOC(=O)Cn1c2ccc1C(=C1C=C(C(C)(C)C)C(=O)C(C(C)(C)C)=C1)c1ccc(n1Cc1ccccc1)C(=C1C=C(C(C)(C)C)C(=O)C(C(C)(C)C)=C1)c1ccc(n1Cc1ccccc1)C(=C1C=C(C(C)(C)C)C(=O)C(C(C)(C)C)=C1)c1ccc(n1Cc1ccccc1)C2=C1C=C(C(C)(C)C)C(=O)C(C(C)(C)C)=C1. The molecule has 3 aromatic carbocycles. The van der Waals surface area contributed by atoms with E-state index < -0.39 is 49.3 Å². The highest BCUT2D eigenvalue weighted by Crippen LogP contribution is 2.51. The summed E-state index contributed by atoms with van der Waals surface area (Å²) in [6.45, 7) is 53.6. The Bertz CT molecular complexity index is 4940. The second-order valence-electron chi connectivity index (χ2n) is 39.1. The molecule has 10 nitrogen and oxygen atoms in total. The number of carbonyl (C=O) groups is 5. The Hall–Kier alpha value is -10.2. The lowest BCUT2D eigenvalue weighted by molar-refractivity contribution is -0.143. The van der Waals surface area contributed by atoms with Crippen LogP contribution in [0, 0.1) is 43.3 Å². The van der Waals surface area contributed by atoms with Gasteiger partial charge in [0.05, 0.1) is 52.2 Å². The molecule has 0 atom stereocenters. The predicted molar refractivity (Wildman–Crippen MR) is 455 cm³/mol. The molecule has 12 rings (SSSR count). The average molecular weight is 1480 g/mol. The normalized spacial score (nSPS) is 16.7. The number of aromatic nitrogens is 4. The first-order valence-electron chi connectivity index (χ1n) is 39.7. The summed E-state index contributed by atoms with van der Waals surface area (Å²) in [5, 5.41) is 0. The Labute approximate surface area is 661 Å². The predicted octanol–water partition coefficient (Wildman–Crippen LogP) is 23.2. The van der Waals surface area contributed by atoms with E-state index in [1.165, 1.54) is 0 Å². The maximum Gasteiger partial charge on any atom is 0.325 e. The van der Waals surface area contributed by atoms with Gasteiger partial charge in [-0.1, -0.05) is 257 Å². The Morgan fingerprint density at radius 2 is 0.432 bits per heavy atom. The quantitative estimate of drug-likeness (QED) is 0.133. The van der Waals surface area contributed by atoms with Crippen LogP contribution >= 0.6 is 0 Å². The Morgan fingerprint density at radius 1 is 0.261 bits per heavy atom. The van der Waals surface area contributed by atoms with Crippen LogP contribution in [-0.4, -0.2) is 54.0 Å². The second-order valence-corrected chi connectivity index (χ2v) is 39.1. The summed E-state index contributed by atoms with van der Waals surface area (Å²) in [4.78, 5) is 77.8. The molecular formula is C101H116N4O6. The Kier molecular flexibility index (Phi) is 21.1. The zero-order valence-electron chi connectivity index (χ0n) is 70.7. The minimum absolute atomic E-state index is 0.00862. The number of ketones is 4. The number of Topliss-reactive ketones (excluding diaryl/α,β-unsaturated/α-hetero) is 4. The lowest BCUT2D eigenvalue weighted by atomic mass is 9.71. The molecule has 0 saturated carbocycles. The maximum absolute atomic E-state index is 15.6. The van der Waals surface area contributed by atoms with E-state index in [9.17, 15) is 0 Å². The minimum Gasteiger partial charge on any atom is -0.465 e. The number of esters is 1. The van der Waals surface area contributed by atoms with Gasteiger partial charge in [-0.25, -0.2) is 0 Å². The largest absolute Gasteiger partial charge is 0.465 e. The van der Waals surface area contributed by atoms with Crippen molar-refractivity contribution in [2.24, 2.45) is 43.3 Å². The number of nitrogens with zero attached hydrogens (tertiary/aromatic N) is 4. The molecular weight excluding hydrogens is 1370 g/mol. The second kappa shape index (κ2) is 29.2. The number of rotatable bonds is 9. The van der Waals surface area contributed by atoms with E-state index in [2.05, 4.69) is 360 Å². The van der Waals surface area contributed by atoms with Crippen LogP contribution in [0.5, 0.6) is 0 Å². The van der Waals surface area contributed by atoms with Crippen LogP contribution in [0.2, 0.25) is 0 Å². The van der Waals surface area contributed by atoms with E-state index >= 15 is 24.0 Å². The van der Waals surface area contributed by atoms with Gasteiger partial charge in [-0.05, 0) is 186 Å². The maximum atomic E-state index is 15.6. The number of hydrogen-bond donors (Lipinski definition) is 0. The van der Waals surface area contributed by atoms with Crippen LogP contribution in [0.25, 0.3) is 22.3 Å². The molecule has 0 amide bonds. The van der Waals surface area contributed by atoms with Crippen LogP contribution in [-0.2, 0) is 54.9 Å². The summed E-state index contributed by atoms with van der Waals surface area (Å²) in [7, 11) is 0. The average Bonchev–Trinajstić information content (AvgIpc) is 1.62. The summed E-state index contributed by atoms with van der Waals surface area (Å²) in [6, 6.07) is 49.4. The Balaban J connectivity index is 1.45. The number of allylic oxidation sites excluding steroid dienone is 20. The molecule has 0 unspecified atom stereocenters. The van der Waals surface area contributed by atoms with Gasteiger partial charge in [-0.3, -0.25) is 24.0 Å². The van der Waals surface area contributed by atoms with Crippen molar-refractivity contribution in [3.8, 4) is 0 Å². The third-order valence-corrected chi connectivity index (χ3v) is 22.1. The van der Waals surface area contributed by atoms with E-state index in [1.807, 2.05) is 19.1 Å². The fraction of sp³-hybridized carbons (Fsp3) is 0.376. The van der Waals surface area contributed by atoms with Crippen molar-refractivity contribution in [1.29, 1.82) is 0 Å². The van der Waals surface area contributed by atoms with Crippen molar-refractivity contribution in [2.75, 3.05) is 6.61 Å². The molecule has 0 radical (unpaired) electrons. The van der Waals surface area contributed by atoms with Crippen molar-refractivity contribution in [3.05, 3.63) is 317 Å². The summed E-state index contributed by atoms with van der Waals surface area (Å²) in [5.74, 6) is -0.478. The van der Waals surface area contributed by atoms with Crippen LogP contribution in [0.4, 0.5) is 0 Å². The highest BCUT2D eigenvalue weighted by atomic mass is 16.5. The first kappa shape index (κ1) is 80.3. The van der Waals surface area contributed by atoms with E-state index in [4.69, 9.17) is 4.74 Å². The van der Waals surface area contributed by atoms with Gasteiger partial charge in [0.1, 0.15) is 6.54 Å². The molecule has 5 aliphatic rings. The molecule has 7 aromatic rings. The Morgan fingerprint density at radius 3 is 0.595 bits per heavy atom. The molecule has 4 aromatic heterocycles. The van der Waals surface area contributed by atoms with Crippen molar-refractivity contribution in [2.45, 2.75) is 199 Å². The molecule has 0 fully saturated rings. The van der Waals surface area contributed by atoms with Crippen LogP contribution in [0.15, 0.2) is 255 Å². The standard InChI is InChI=1S/C101H116N4O6/c1-26-111-85(106)61-105-83-48-49-84(105)89(68-56-75(100(20,21)22)93(110)76(57-68)101(23,24)25)82-47-45-80(104(82)60-64-40-34-29-35-41-64)87(66-52-71(96(8,9)10)91(108)72(53-66)97(11,12)13)78-43-42-77(102(78)58-62-36-30-27-31-37-62)86(65-50-69(94(2,3)4)90(107)70(51-65)95(5,6)7)79-44-46-81(103(79)59-63-38-32-28-33-39-63)88(83)67-54-73(98(14,15)16)92(109)74(55-67)99(17,18)19/h27-57H,26,58-61H2,1-25H3. The molecule has 1 aliphatic heterocycles. The van der Waals surface area contributed by atoms with Gasteiger partial charge in [0.15, 0.2) is 23.1 Å². The van der Waals surface area contributed by atoms with Crippen molar-refractivity contribution >= 4 is 51.4 Å². The zero-order chi connectivity index (χ0) is 80.9. The topological polar surface area (TPSA) is 114 Å². The monoisotopic (exact) mass is 1480 g/mol. The molecule has 0 spiro atoms. The van der Waals surface area contributed by atoms with E-state index in [0.29, 0.717) is 75.6 Å². The van der Waals surface area contributed by atoms with Gasteiger partial charge >= 0.3 is 5.97 Å². The minimum atomic E-state index is -0.630. The summed E-state index contributed by atoms with van der Waals surface area (Å²) in [6.07, 6.45) is 17.0. The van der Waals surface area contributed by atoms with Crippen LogP contribution in [0.1, 0.15) is 235 Å². The lowest BCUT2D eigenvalue weighted by Gasteiger charge is -2.33. The van der Waals surface area contributed by atoms with Crippen molar-refractivity contribution in [1.82, 2.24) is 18.3 Å². The van der Waals surface area contributed by atoms with E-state index in [-0.39, 0.29) is 36.3 Å². The summed E-state index contributed by atoms with van der Waals surface area (Å²) in [5.41, 5.74) is 16.4. The first-order chi connectivity index (χ1) is 51.7. The highest BCUT2D eigenvalue weighted by Gasteiger charge is 2.43. The molecule has 576 valence electrons. The van der Waals surface area contributed by atoms with Gasteiger partial charge in [-0.2, -0.15) is 0 Å². The number of benzene rings is 3. The highest BCUT2D eigenvalue weighted by molar-refractivity contribution is 6.16. The molecule has 4 aliphatic carbocycles. The number of hydrogen-bond acceptors (Lipinski definition) is 6. The summed E-state index contributed by atoms with van der Waals surface area (Å²) < 4.78 is 15.6. The molecule has 0 N–H and O–H groups in total. The molecule has 8 bridgehead atoms. The van der Waals surface area contributed by atoms with Gasteiger partial charge in [0.2, 0.25) is 0 Å². The van der Waals surface area contributed by atoms with Crippen LogP contribution in [0.3, 0.4) is 0 Å². The van der Waals surface area contributed by atoms with Gasteiger partial charge in [0, 0.05) is 86.5 Å². The number of fused-ring (bicyclic) bond motifs is 8. The molecule has 5 heterocycles. The fourth-order valence-electron chi connectivity index (χ4n) is 16.2. The van der Waals surface area contributed by atoms with Gasteiger partial charge < -0.3 is 23.0 Å². The number of carbonyl (C=O) groups excluding carboxylic acids is 5. The van der Waals surface area contributed by atoms with Gasteiger partial charge in [-0.15, -0.1) is 0 Å². The smallest absolute Gasteiger partial charge is 0.325 e. The van der Waals surface area contributed by atoms with Gasteiger partial charge in [0.25, 0.3) is 0 Å². The van der Waals surface area contributed by atoms with Crippen molar-refractivity contribution in [3.63, 3.8) is 0 Å². The third-order valence-electron chi connectivity index (χ3n) is 22.1. The third kappa shape index (κ3) is 15.9. The molecule has 111 heavy (non-hydrogen) atoms. The van der Waals surface area contributed by atoms with Crippen LogP contribution < -0.4 is 0 Å². The fourth-order valence-corrected chi connectivity index (χ4v) is 16.2. The molecule has 0 saturated heterocycles. The number of ether oxygens (including phenoxy) is 1. The summed E-state index contributed by atoms with van der Waals surface area (Å²) >= 11 is 0. The zero-order valence-corrected chi connectivity index (χ0v) is 70.7. The van der Waals surface area contributed by atoms with E-state index in [1.54, 1.807) is 0 Å². The molecule has 10 heteroatoms.